The highest BCUT2D eigenvalue weighted by atomic mass is 79.9. The molecule has 8 heteroatoms. The summed E-state index contributed by atoms with van der Waals surface area (Å²) in [5, 5.41) is 20.2. The number of aliphatic hydroxyl groups is 1. The van der Waals surface area contributed by atoms with Crippen molar-refractivity contribution >= 4 is 31.5 Å². The lowest BCUT2D eigenvalue weighted by molar-refractivity contribution is -0.384. The minimum Gasteiger partial charge on any atom is -0.386 e. The molecule has 0 bridgehead atoms. The summed E-state index contributed by atoms with van der Waals surface area (Å²) >= 11 is 2.88. The van der Waals surface area contributed by atoms with E-state index in [-0.39, 0.29) is 5.69 Å². The average Bonchev–Trinajstić information content (AvgIpc) is 2.26. The topological polar surface area (TPSA) is 97.5 Å². The Morgan fingerprint density at radius 1 is 1.35 bits per heavy atom. The van der Waals surface area contributed by atoms with E-state index in [2.05, 4.69) is 15.9 Å². The van der Waals surface area contributed by atoms with Crippen molar-refractivity contribution in [2.75, 3.05) is 6.26 Å². The van der Waals surface area contributed by atoms with Crippen molar-refractivity contribution in [3.05, 3.63) is 39.9 Å². The smallest absolute Gasteiger partial charge is 0.269 e. The van der Waals surface area contributed by atoms with Crippen molar-refractivity contribution in [2.24, 2.45) is 0 Å². The minimum absolute atomic E-state index is 0.119. The fourth-order valence-corrected chi connectivity index (χ4v) is 2.11. The highest BCUT2D eigenvalue weighted by Gasteiger charge is 2.27. The second-order valence-electron chi connectivity index (χ2n) is 3.47. The van der Waals surface area contributed by atoms with Crippen LogP contribution in [-0.2, 0) is 9.84 Å². The van der Waals surface area contributed by atoms with E-state index in [1.807, 2.05) is 0 Å². The molecule has 1 rings (SSSR count). The molecule has 17 heavy (non-hydrogen) atoms. The number of nitrogens with zero attached hydrogens (tertiary/aromatic N) is 1. The molecule has 94 valence electrons. The monoisotopic (exact) mass is 323 g/mol. The molecule has 0 aliphatic carbocycles. The number of nitro groups is 1. The summed E-state index contributed by atoms with van der Waals surface area (Å²) < 4.78 is 21.3. The maximum absolute atomic E-state index is 11.2. The summed E-state index contributed by atoms with van der Waals surface area (Å²) in [5.74, 6) is 0. The highest BCUT2D eigenvalue weighted by Crippen LogP contribution is 2.27. The van der Waals surface area contributed by atoms with E-state index in [1.54, 1.807) is 0 Å². The number of alkyl halides is 1. The lowest BCUT2D eigenvalue weighted by Gasteiger charge is -2.15. The molecule has 0 fully saturated rings. The first kappa shape index (κ1) is 14.1. The van der Waals surface area contributed by atoms with Gasteiger partial charge in [0.2, 0.25) is 0 Å². The van der Waals surface area contributed by atoms with Gasteiger partial charge in [0.15, 0.2) is 9.84 Å². The highest BCUT2D eigenvalue weighted by molar-refractivity contribution is 9.11. The molecule has 0 aliphatic rings. The maximum Gasteiger partial charge on any atom is 0.269 e. The number of benzene rings is 1. The van der Waals surface area contributed by atoms with Gasteiger partial charge in [0.05, 0.1) is 4.92 Å². The van der Waals surface area contributed by atoms with Crippen LogP contribution < -0.4 is 0 Å². The molecule has 0 spiro atoms. The van der Waals surface area contributed by atoms with Gasteiger partial charge in [0.25, 0.3) is 5.69 Å². The van der Waals surface area contributed by atoms with Crippen LogP contribution in [0.1, 0.15) is 11.7 Å². The van der Waals surface area contributed by atoms with Crippen molar-refractivity contribution in [1.82, 2.24) is 0 Å². The van der Waals surface area contributed by atoms with Gasteiger partial charge in [-0.3, -0.25) is 10.1 Å². The van der Waals surface area contributed by atoms with Crippen LogP contribution in [0.2, 0.25) is 0 Å². The normalized spacial score (nSPS) is 15.2. The molecule has 1 aromatic rings. The van der Waals surface area contributed by atoms with Crippen molar-refractivity contribution < 1.29 is 18.4 Å². The summed E-state index contributed by atoms with van der Waals surface area (Å²) in [7, 11) is -3.44. The molecule has 0 saturated heterocycles. The quantitative estimate of drug-likeness (QED) is 0.513. The van der Waals surface area contributed by atoms with Crippen LogP contribution in [0.4, 0.5) is 5.69 Å². The number of rotatable bonds is 4. The molecule has 0 heterocycles. The average molecular weight is 324 g/mol. The Labute approximate surface area is 106 Å². The molecule has 1 aromatic carbocycles. The number of aliphatic hydroxyl groups excluding tert-OH is 1. The van der Waals surface area contributed by atoms with Gasteiger partial charge in [-0.15, -0.1) is 0 Å². The Morgan fingerprint density at radius 3 is 2.18 bits per heavy atom. The molecule has 0 aromatic heterocycles. The fraction of sp³-hybridized carbons (Fsp3) is 0.333. The predicted octanol–water partition coefficient (Wildman–Crippen LogP) is 1.39. The minimum atomic E-state index is -3.44. The zero-order valence-corrected chi connectivity index (χ0v) is 11.2. The Hall–Kier alpha value is -0.990. The first-order chi connectivity index (χ1) is 7.73. The van der Waals surface area contributed by atoms with Crippen LogP contribution in [-0.4, -0.2) is 28.9 Å². The number of nitro benzene ring substituents is 1. The molecule has 2 atom stereocenters. The van der Waals surface area contributed by atoms with Crippen LogP contribution in [0.15, 0.2) is 24.3 Å². The molecule has 0 radical (unpaired) electrons. The van der Waals surface area contributed by atoms with Crippen LogP contribution in [0.25, 0.3) is 0 Å². The summed E-state index contributed by atoms with van der Waals surface area (Å²) in [6.07, 6.45) is -0.285. The summed E-state index contributed by atoms with van der Waals surface area (Å²) in [4.78, 5) is 9.84. The van der Waals surface area contributed by atoms with Gasteiger partial charge in [-0.05, 0) is 17.7 Å². The molecule has 0 saturated carbocycles. The fourth-order valence-electron chi connectivity index (χ4n) is 1.18. The van der Waals surface area contributed by atoms with Crippen LogP contribution in [0.3, 0.4) is 0 Å². The van der Waals surface area contributed by atoms with Gasteiger partial charge in [-0.25, -0.2) is 8.42 Å². The van der Waals surface area contributed by atoms with E-state index >= 15 is 0 Å². The Balaban J connectivity index is 2.98. The number of non-ortho nitro benzene ring substituents is 1. The van der Waals surface area contributed by atoms with Crippen LogP contribution in [0, 0.1) is 10.1 Å². The Kier molecular flexibility index (Phi) is 4.23. The van der Waals surface area contributed by atoms with E-state index in [4.69, 9.17) is 0 Å². The van der Waals surface area contributed by atoms with E-state index in [0.29, 0.717) is 5.56 Å². The first-order valence-electron chi connectivity index (χ1n) is 4.49. The van der Waals surface area contributed by atoms with Gasteiger partial charge >= 0.3 is 0 Å². The van der Waals surface area contributed by atoms with Crippen molar-refractivity contribution in [3.63, 3.8) is 0 Å². The summed E-state index contributed by atoms with van der Waals surface area (Å²) in [6, 6.07) is 5.06. The van der Waals surface area contributed by atoms with Crippen molar-refractivity contribution in [3.8, 4) is 0 Å². The standard InChI is InChI=1S/C9H10BrNO5S/c1-17(15,16)9(10)8(12)6-2-4-7(5-3-6)11(13)14/h2-5,8-9,12H,1H3/t8-,9-/m0/s1. The number of hydrogen-bond donors (Lipinski definition) is 1. The largest absolute Gasteiger partial charge is 0.386 e. The molecule has 1 N–H and O–H groups in total. The van der Waals surface area contributed by atoms with Crippen molar-refractivity contribution in [2.45, 2.75) is 10.3 Å². The Bertz CT molecular complexity index is 513. The lowest BCUT2D eigenvalue weighted by atomic mass is 10.1. The van der Waals surface area contributed by atoms with Gasteiger partial charge in [0.1, 0.15) is 10.3 Å². The van der Waals surface area contributed by atoms with E-state index in [0.717, 1.165) is 6.26 Å². The summed E-state index contributed by atoms with van der Waals surface area (Å²) in [6.45, 7) is 0. The third kappa shape index (κ3) is 3.48. The van der Waals surface area contributed by atoms with Crippen molar-refractivity contribution in [1.29, 1.82) is 0 Å². The molecule has 0 aliphatic heterocycles. The number of hydrogen-bond acceptors (Lipinski definition) is 5. The summed E-state index contributed by atoms with van der Waals surface area (Å²) in [5.41, 5.74) is 0.175. The second kappa shape index (κ2) is 5.11. The van der Waals surface area contributed by atoms with Gasteiger partial charge < -0.3 is 5.11 Å². The third-order valence-electron chi connectivity index (χ3n) is 2.10. The molecular formula is C9H10BrNO5S. The van der Waals surface area contributed by atoms with E-state index in [9.17, 15) is 23.6 Å². The zero-order valence-electron chi connectivity index (χ0n) is 8.78. The van der Waals surface area contributed by atoms with Gasteiger partial charge in [-0.1, -0.05) is 15.9 Å². The third-order valence-corrected chi connectivity index (χ3v) is 5.72. The molecule has 0 unspecified atom stereocenters. The molecule has 0 amide bonds. The van der Waals surface area contributed by atoms with Crippen LogP contribution in [0.5, 0.6) is 0 Å². The van der Waals surface area contributed by atoms with E-state index < -0.39 is 25.0 Å². The number of halogens is 1. The zero-order chi connectivity index (χ0) is 13.2. The molecular weight excluding hydrogens is 314 g/mol. The second-order valence-corrected chi connectivity index (χ2v) is 7.23. The lowest BCUT2D eigenvalue weighted by Crippen LogP contribution is -2.21. The van der Waals surface area contributed by atoms with E-state index in [1.165, 1.54) is 24.3 Å². The first-order valence-corrected chi connectivity index (χ1v) is 7.36. The number of sulfone groups is 1. The predicted molar refractivity (Wildman–Crippen MR) is 65.6 cm³/mol. The Morgan fingerprint density at radius 2 is 1.82 bits per heavy atom. The van der Waals surface area contributed by atoms with Gasteiger partial charge in [0, 0.05) is 18.4 Å². The van der Waals surface area contributed by atoms with Gasteiger partial charge in [-0.2, -0.15) is 0 Å². The van der Waals surface area contributed by atoms with Crippen LogP contribution >= 0.6 is 15.9 Å². The SMILES string of the molecule is CS(=O)(=O)[C@H](Br)[C@@H](O)c1ccc([N+](=O)[O-])cc1. The maximum atomic E-state index is 11.2. The molecule has 6 nitrogen and oxygen atoms in total.